The van der Waals surface area contributed by atoms with Crippen molar-refractivity contribution in [2.24, 2.45) is 5.92 Å². The number of aromatic nitrogens is 1. The number of halogens is 4. The summed E-state index contributed by atoms with van der Waals surface area (Å²) in [7, 11) is 0. The van der Waals surface area contributed by atoms with Gasteiger partial charge in [-0.25, -0.2) is 4.79 Å². The quantitative estimate of drug-likeness (QED) is 0.636. The third-order valence-electron chi connectivity index (χ3n) is 4.24. The van der Waals surface area contributed by atoms with Crippen LogP contribution in [0.25, 0.3) is 0 Å². The molecule has 0 unspecified atom stereocenters. The van der Waals surface area contributed by atoms with Crippen molar-refractivity contribution >= 4 is 27.7 Å². The van der Waals surface area contributed by atoms with Crippen LogP contribution in [0.2, 0.25) is 0 Å². The third kappa shape index (κ3) is 3.54. The second-order valence-corrected chi connectivity index (χ2v) is 6.89. The van der Waals surface area contributed by atoms with Crippen molar-refractivity contribution in [2.75, 3.05) is 0 Å². The first-order valence-electron chi connectivity index (χ1n) is 7.71. The van der Waals surface area contributed by atoms with Gasteiger partial charge in [0, 0.05) is 22.4 Å². The molecular weight excluding hydrogens is 431 g/mol. The Morgan fingerprint density at radius 3 is 2.59 bits per heavy atom. The monoisotopic (exact) mass is 443 g/mol. The van der Waals surface area contributed by atoms with E-state index in [1.807, 2.05) is 0 Å². The molecule has 1 aliphatic rings. The molecule has 3 rings (SSSR count). The van der Waals surface area contributed by atoms with Gasteiger partial charge in [-0.15, -0.1) is 0 Å². The highest BCUT2D eigenvalue weighted by Gasteiger charge is 2.66. The van der Waals surface area contributed by atoms with E-state index in [1.54, 1.807) is 12.1 Å². The highest BCUT2D eigenvalue weighted by Crippen LogP contribution is 2.44. The van der Waals surface area contributed by atoms with Crippen LogP contribution >= 0.6 is 15.9 Å². The first-order chi connectivity index (χ1) is 12.6. The molecule has 0 saturated carbocycles. The minimum absolute atomic E-state index is 0.122. The summed E-state index contributed by atoms with van der Waals surface area (Å²) in [6.07, 6.45) is -2.83. The summed E-state index contributed by atoms with van der Waals surface area (Å²) < 4.78 is 41.7. The molecule has 1 saturated heterocycles. The van der Waals surface area contributed by atoms with E-state index in [-0.39, 0.29) is 11.1 Å². The zero-order valence-electron chi connectivity index (χ0n) is 13.5. The number of ketones is 1. The SMILES string of the molecule is O=C1N[C@H](c2cccc(Br)c2)[C@H](C(=O)c2cccnc2)[C@](O)(C(F)(F)F)N1. The summed E-state index contributed by atoms with van der Waals surface area (Å²) in [4.78, 5) is 28.6. The number of alkyl halides is 3. The Morgan fingerprint density at radius 2 is 2.00 bits per heavy atom. The number of carbonyl (C=O) groups excluding carboxylic acids is 2. The van der Waals surface area contributed by atoms with Gasteiger partial charge in [0.25, 0.3) is 0 Å². The number of hydrogen-bond acceptors (Lipinski definition) is 4. The molecular formula is C17H13BrF3N3O3. The molecule has 27 heavy (non-hydrogen) atoms. The van der Waals surface area contributed by atoms with Gasteiger partial charge in [-0.3, -0.25) is 9.78 Å². The molecule has 0 aliphatic carbocycles. The minimum atomic E-state index is -5.29. The number of urea groups is 1. The van der Waals surface area contributed by atoms with Crippen LogP contribution in [0.4, 0.5) is 18.0 Å². The highest BCUT2D eigenvalue weighted by atomic mass is 79.9. The molecule has 6 nitrogen and oxygen atoms in total. The smallest absolute Gasteiger partial charge is 0.363 e. The van der Waals surface area contributed by atoms with Crippen LogP contribution in [0.3, 0.4) is 0 Å². The molecule has 0 radical (unpaired) electrons. The average molecular weight is 444 g/mol. The fraction of sp³-hybridized carbons (Fsp3) is 0.235. The summed E-state index contributed by atoms with van der Waals surface area (Å²) in [6.45, 7) is 0. The van der Waals surface area contributed by atoms with E-state index in [4.69, 9.17) is 0 Å². The van der Waals surface area contributed by atoms with Gasteiger partial charge in [0.15, 0.2) is 5.78 Å². The van der Waals surface area contributed by atoms with E-state index in [0.717, 1.165) is 6.20 Å². The summed E-state index contributed by atoms with van der Waals surface area (Å²) in [6, 6.07) is 6.14. The van der Waals surface area contributed by atoms with Gasteiger partial charge in [-0.1, -0.05) is 28.1 Å². The Bertz CT molecular complexity index is 878. The van der Waals surface area contributed by atoms with Crippen LogP contribution in [0.1, 0.15) is 22.0 Å². The van der Waals surface area contributed by atoms with Crippen molar-refractivity contribution in [1.82, 2.24) is 15.6 Å². The molecule has 0 bridgehead atoms. The Kier molecular flexibility index (Phi) is 4.96. The fourth-order valence-electron chi connectivity index (χ4n) is 3.00. The van der Waals surface area contributed by atoms with Crippen LogP contribution in [0, 0.1) is 5.92 Å². The van der Waals surface area contributed by atoms with Crippen molar-refractivity contribution in [3.63, 3.8) is 0 Å². The topological polar surface area (TPSA) is 91.3 Å². The van der Waals surface area contributed by atoms with Crippen LogP contribution in [-0.2, 0) is 0 Å². The van der Waals surface area contributed by atoms with Gasteiger partial charge in [0.2, 0.25) is 5.72 Å². The number of amides is 2. The number of nitrogens with one attached hydrogen (secondary N) is 2. The van der Waals surface area contributed by atoms with E-state index in [0.29, 0.717) is 4.47 Å². The highest BCUT2D eigenvalue weighted by molar-refractivity contribution is 9.10. The van der Waals surface area contributed by atoms with Gasteiger partial charge < -0.3 is 15.7 Å². The molecule has 3 atom stereocenters. The minimum Gasteiger partial charge on any atom is -0.363 e. The molecule has 142 valence electrons. The van der Waals surface area contributed by atoms with Crippen LogP contribution in [-0.4, -0.2) is 33.8 Å². The number of benzene rings is 1. The standard InChI is InChI=1S/C17H13BrF3N3O3/c18-11-5-1-3-9(7-11)13-12(14(25)10-4-2-6-22-8-10)16(27,17(19,20)21)24-15(26)23-13/h1-8,12-13,27H,(H2,23,24,26)/t12-,13-,16+/m1/s1. The zero-order valence-corrected chi connectivity index (χ0v) is 15.1. The van der Waals surface area contributed by atoms with Crippen LogP contribution < -0.4 is 10.6 Å². The predicted molar refractivity (Wildman–Crippen MR) is 91.6 cm³/mol. The molecule has 10 heteroatoms. The Morgan fingerprint density at radius 1 is 1.26 bits per heavy atom. The lowest BCUT2D eigenvalue weighted by atomic mass is 9.77. The Labute approximate surface area is 159 Å². The van der Waals surface area contributed by atoms with Crippen LogP contribution in [0.5, 0.6) is 0 Å². The molecule has 1 aromatic carbocycles. The van der Waals surface area contributed by atoms with Gasteiger partial charge in [-0.05, 0) is 29.8 Å². The molecule has 2 heterocycles. The van der Waals surface area contributed by atoms with Crippen LogP contribution in [0.15, 0.2) is 53.3 Å². The number of carbonyl (C=O) groups is 2. The second kappa shape index (κ2) is 6.93. The molecule has 1 aromatic heterocycles. The number of nitrogens with zero attached hydrogens (tertiary/aromatic N) is 1. The lowest BCUT2D eigenvalue weighted by molar-refractivity contribution is -0.287. The number of hydrogen-bond donors (Lipinski definition) is 3. The van der Waals surface area contributed by atoms with Crippen molar-refractivity contribution < 1.29 is 27.9 Å². The fourth-order valence-corrected chi connectivity index (χ4v) is 3.42. The first kappa shape index (κ1) is 19.3. The number of pyridine rings is 1. The Hall–Kier alpha value is -2.46. The molecule has 1 fully saturated rings. The van der Waals surface area contributed by atoms with E-state index in [1.165, 1.54) is 35.8 Å². The summed E-state index contributed by atoms with van der Waals surface area (Å²) >= 11 is 3.21. The maximum atomic E-state index is 13.7. The van der Waals surface area contributed by atoms with Gasteiger partial charge in [0.05, 0.1) is 6.04 Å². The second-order valence-electron chi connectivity index (χ2n) is 5.98. The largest absolute Gasteiger partial charge is 0.437 e. The van der Waals surface area contributed by atoms with Crippen molar-refractivity contribution in [3.8, 4) is 0 Å². The van der Waals surface area contributed by atoms with E-state index in [2.05, 4.69) is 26.2 Å². The van der Waals surface area contributed by atoms with Crippen molar-refractivity contribution in [1.29, 1.82) is 0 Å². The van der Waals surface area contributed by atoms with Gasteiger partial charge >= 0.3 is 12.2 Å². The number of aliphatic hydroxyl groups is 1. The number of Topliss-reactive ketones (excluding diaryl/α,β-unsaturated/α-hetero) is 1. The van der Waals surface area contributed by atoms with E-state index >= 15 is 0 Å². The van der Waals surface area contributed by atoms with Crippen molar-refractivity contribution in [3.05, 3.63) is 64.4 Å². The molecule has 2 aromatic rings. The van der Waals surface area contributed by atoms with E-state index in [9.17, 15) is 27.9 Å². The molecule has 3 N–H and O–H groups in total. The summed E-state index contributed by atoms with van der Waals surface area (Å²) in [5, 5.41) is 14.2. The first-order valence-corrected chi connectivity index (χ1v) is 8.50. The lowest BCUT2D eigenvalue weighted by Gasteiger charge is -2.45. The normalized spacial score (nSPS) is 25.4. The predicted octanol–water partition coefficient (Wildman–Crippen LogP) is 2.95. The molecule has 0 spiro atoms. The van der Waals surface area contributed by atoms with Crippen molar-refractivity contribution in [2.45, 2.75) is 17.9 Å². The lowest BCUT2D eigenvalue weighted by Crippen LogP contribution is -2.72. The maximum absolute atomic E-state index is 13.7. The van der Waals surface area contributed by atoms with Gasteiger partial charge in [0.1, 0.15) is 5.92 Å². The Balaban J connectivity index is 2.17. The zero-order chi connectivity index (χ0) is 19.8. The third-order valence-corrected chi connectivity index (χ3v) is 4.74. The average Bonchev–Trinajstić information content (AvgIpc) is 2.60. The van der Waals surface area contributed by atoms with Gasteiger partial charge in [-0.2, -0.15) is 13.2 Å². The molecule has 2 amide bonds. The van der Waals surface area contributed by atoms with E-state index < -0.39 is 35.7 Å². The summed E-state index contributed by atoms with van der Waals surface area (Å²) in [5.74, 6) is -3.09. The molecule has 1 aliphatic heterocycles. The number of rotatable bonds is 3. The summed E-state index contributed by atoms with van der Waals surface area (Å²) in [5.41, 5.74) is -3.65. The maximum Gasteiger partial charge on any atom is 0.437 e.